The molecule has 0 spiro atoms. The molecule has 0 radical (unpaired) electrons. The van der Waals surface area contributed by atoms with Crippen LogP contribution < -0.4 is 0 Å². The van der Waals surface area contributed by atoms with Crippen LogP contribution in [0.15, 0.2) is 13.2 Å². The molecular weight excluding hydrogens is 283 g/mol. The van der Waals surface area contributed by atoms with Crippen molar-refractivity contribution >= 4 is 19.0 Å². The van der Waals surface area contributed by atoms with E-state index in [9.17, 15) is 0 Å². The fourth-order valence-electron chi connectivity index (χ4n) is 0. The number of hydrogen-bond acceptors (Lipinski definition) is 0. The van der Waals surface area contributed by atoms with E-state index in [2.05, 4.69) is 43.6 Å². The second-order valence-electron chi connectivity index (χ2n) is 0. The van der Waals surface area contributed by atoms with Gasteiger partial charge in [0.1, 0.15) is 0 Å². The smallest absolute Gasteiger partial charge is 0.288 e. The molecule has 0 saturated heterocycles. The van der Waals surface area contributed by atoms with Gasteiger partial charge in [0.05, 0.1) is 0 Å². The van der Waals surface area contributed by atoms with Gasteiger partial charge in [-0.1, -0.05) is 0 Å². The number of rotatable bonds is 0. The van der Waals surface area contributed by atoms with E-state index in [0.717, 1.165) is 0 Å². The van der Waals surface area contributed by atoms with Gasteiger partial charge >= 0.3 is 36.3 Å². The molecule has 2 heteroatoms. The summed E-state index contributed by atoms with van der Waals surface area (Å²) in [5.74, 6) is 0. The predicted molar refractivity (Wildman–Crippen MR) is 33.9 cm³/mol. The summed E-state index contributed by atoms with van der Waals surface area (Å²) < 4.78 is 0. The molecule has 0 unspecified atom stereocenters. The van der Waals surface area contributed by atoms with E-state index >= 15 is 0 Å². The van der Waals surface area contributed by atoms with Crippen LogP contribution >= 0.6 is 19.0 Å². The summed E-state index contributed by atoms with van der Waals surface area (Å²) in [5.41, 5.74) is 0. The molecule has 0 heterocycles. The molecule has 0 aromatic heterocycles. The molecule has 0 atom stereocenters. The van der Waals surface area contributed by atoms with Crippen LogP contribution in [0.4, 0.5) is 0 Å². The molecule has 0 aliphatic rings. The van der Waals surface area contributed by atoms with Crippen molar-refractivity contribution in [2.75, 3.05) is 0 Å². The van der Waals surface area contributed by atoms with Gasteiger partial charge in [-0.3, -0.25) is 13.2 Å². The van der Waals surface area contributed by atoms with Crippen LogP contribution in [0.25, 0.3) is 0 Å². The van der Waals surface area contributed by atoms with Gasteiger partial charge in [0, 0.05) is 0 Å². The summed E-state index contributed by atoms with van der Waals surface area (Å²) in [6.45, 7) is 14.0. The first-order valence-electron chi connectivity index (χ1n) is 0.930. The van der Waals surface area contributed by atoms with E-state index in [1.54, 1.807) is 0 Å². The third kappa shape index (κ3) is 85.5. The van der Waals surface area contributed by atoms with Crippen molar-refractivity contribution in [2.24, 2.45) is 0 Å². The Morgan fingerprint density at radius 2 is 1.00 bits per heavy atom. The molecule has 0 aromatic rings. The quantitative estimate of drug-likeness (QED) is 0.364. The molecule has 0 amide bonds. The molecule has 42 valence electrons. The Morgan fingerprint density at radius 1 is 1.00 bits per heavy atom. The molecule has 0 nitrogen and oxygen atoms in total. The minimum absolute atomic E-state index is 1.96. The van der Waals surface area contributed by atoms with Crippen LogP contribution in [0.2, 0.25) is 0 Å². The fraction of sp³-hybridized carbons (Fsp3) is 0. The Bertz CT molecular complexity index is 9.51. The van der Waals surface area contributed by atoms with Gasteiger partial charge in [-0.15, -0.1) is 0 Å². The molecule has 0 bridgehead atoms. The van der Waals surface area contributed by atoms with E-state index in [1.165, 1.54) is 0 Å². The number of halogens is 1. The Hall–Kier alpha value is 0.950. The summed E-state index contributed by atoms with van der Waals surface area (Å²) in [5, 5.41) is 0. The average molecular weight is 289 g/mol. The molecule has 0 fully saturated rings. The van der Waals surface area contributed by atoms with Gasteiger partial charge in [0.2, 0.25) is 0 Å². The molecule has 0 aliphatic heterocycles. The van der Waals surface area contributed by atoms with Crippen LogP contribution in [-0.4, -0.2) is 0 Å². The SMILES string of the molecule is [Ag][I].[CH-]=C.[CH-]=C. The van der Waals surface area contributed by atoms with Gasteiger partial charge in [0.15, 0.2) is 0 Å². The first-order chi connectivity index (χ1) is 3.00. The van der Waals surface area contributed by atoms with E-state index in [0.29, 0.717) is 0 Å². The molecule has 0 aromatic carbocycles. The summed E-state index contributed by atoms with van der Waals surface area (Å²) in [6, 6.07) is 0. The third-order valence-corrected chi connectivity index (χ3v) is 0. The molecule has 0 rings (SSSR count). The second kappa shape index (κ2) is 161. The first-order valence-corrected chi connectivity index (χ1v) is 5.34. The second-order valence-corrected chi connectivity index (χ2v) is 0. The van der Waals surface area contributed by atoms with Crippen LogP contribution in [0.1, 0.15) is 0 Å². The monoisotopic (exact) mass is 288 g/mol. The summed E-state index contributed by atoms with van der Waals surface area (Å²) in [6.07, 6.45) is 0. The predicted octanol–water partition coefficient (Wildman–Crippen LogP) is 2.09. The van der Waals surface area contributed by atoms with Crippen molar-refractivity contribution < 1.29 is 17.3 Å². The topological polar surface area (TPSA) is 0 Å². The Morgan fingerprint density at radius 3 is 1.00 bits per heavy atom. The molecule has 0 aliphatic carbocycles. The zero-order chi connectivity index (χ0) is 6.00. The van der Waals surface area contributed by atoms with Crippen LogP contribution in [-0.2, 0) is 17.3 Å². The van der Waals surface area contributed by atoms with Crippen molar-refractivity contribution in [1.29, 1.82) is 0 Å². The van der Waals surface area contributed by atoms with E-state index < -0.39 is 0 Å². The maximum absolute atomic E-state index is 4.25. The maximum Gasteiger partial charge on any atom is -0.288 e. The summed E-state index contributed by atoms with van der Waals surface area (Å²) in [7, 11) is 0. The van der Waals surface area contributed by atoms with Gasteiger partial charge < -0.3 is 13.2 Å². The van der Waals surface area contributed by atoms with Crippen molar-refractivity contribution in [3.63, 3.8) is 0 Å². The van der Waals surface area contributed by atoms with Crippen molar-refractivity contribution in [3.8, 4) is 0 Å². The Labute approximate surface area is 62.2 Å². The molecule has 6 heavy (non-hydrogen) atoms. The Balaban J connectivity index is -0.0000000225. The van der Waals surface area contributed by atoms with E-state index in [-0.39, 0.29) is 0 Å². The van der Waals surface area contributed by atoms with Gasteiger partial charge in [-0.05, 0) is 0 Å². The standard InChI is InChI=1S/2C2H3.Ag.HI/c2*1-2;;/h2*1H,2H2;;1H/q2*-1;+1;/p-1. The maximum atomic E-state index is 4.25. The minimum atomic E-state index is 1.96. The normalized spacial score (nSPS) is 2.50. The zero-order valence-electron chi connectivity index (χ0n) is 3.25. The molecule has 0 N–H and O–H groups in total. The van der Waals surface area contributed by atoms with Gasteiger partial charge in [0.25, 0.3) is 0 Å². The van der Waals surface area contributed by atoms with Crippen LogP contribution in [0, 0.1) is 13.2 Å². The van der Waals surface area contributed by atoms with Crippen LogP contribution in [0.5, 0.6) is 0 Å². The van der Waals surface area contributed by atoms with Crippen molar-refractivity contribution in [3.05, 3.63) is 26.3 Å². The summed E-state index contributed by atoms with van der Waals surface area (Å²) in [4.78, 5) is 0. The first kappa shape index (κ1) is 15.8. The van der Waals surface area contributed by atoms with Crippen molar-refractivity contribution in [1.82, 2.24) is 0 Å². The minimum Gasteiger partial charge on any atom is -0.521 e. The van der Waals surface area contributed by atoms with Crippen LogP contribution in [0.3, 0.4) is 0 Å². The number of hydrogen-bond donors (Lipinski definition) is 0. The molecule has 0 saturated carbocycles. The third-order valence-electron chi connectivity index (χ3n) is 0. The van der Waals surface area contributed by atoms with E-state index in [4.69, 9.17) is 0 Å². The fourth-order valence-corrected chi connectivity index (χ4v) is 0. The zero-order valence-corrected chi connectivity index (χ0v) is 6.89. The van der Waals surface area contributed by atoms with E-state index in [1.807, 2.05) is 19.0 Å². The average Bonchev–Trinajstić information content (AvgIpc) is 1.81. The molecular formula is C4H6AgI-2. The largest absolute Gasteiger partial charge is 0.521 e. The van der Waals surface area contributed by atoms with Gasteiger partial charge in [-0.25, -0.2) is 0 Å². The van der Waals surface area contributed by atoms with Gasteiger partial charge in [-0.2, -0.15) is 0 Å². The summed E-state index contributed by atoms with van der Waals surface area (Å²) >= 11 is 4.88. The van der Waals surface area contributed by atoms with Crippen molar-refractivity contribution in [2.45, 2.75) is 0 Å². The Kier molecular flexibility index (Phi) is 424.